The van der Waals surface area contributed by atoms with Gasteiger partial charge in [0.25, 0.3) is 0 Å². The van der Waals surface area contributed by atoms with Crippen molar-refractivity contribution < 1.29 is 9.59 Å². The van der Waals surface area contributed by atoms with E-state index in [0.717, 1.165) is 0 Å². The highest BCUT2D eigenvalue weighted by Gasteiger charge is 2.29. The second-order valence-electron chi connectivity index (χ2n) is 5.76. The first-order valence-corrected chi connectivity index (χ1v) is 8.26. The molecule has 0 saturated carbocycles. The number of amides is 2. The molecule has 128 valence electrons. The third kappa shape index (κ3) is 4.95. The highest BCUT2D eigenvalue weighted by molar-refractivity contribution is 6.30. The zero-order valence-electron chi connectivity index (χ0n) is 13.6. The Morgan fingerprint density at radius 3 is 2.75 bits per heavy atom. The molecule has 1 fully saturated rings. The molecule has 1 aliphatic heterocycles. The molecule has 1 aliphatic rings. The van der Waals surface area contributed by atoms with Crippen molar-refractivity contribution in [1.29, 1.82) is 0 Å². The fourth-order valence-corrected chi connectivity index (χ4v) is 2.79. The Hall–Kier alpha value is -2.10. The summed E-state index contributed by atoms with van der Waals surface area (Å²) in [7, 11) is 0. The largest absolute Gasteiger partial charge is 0.344 e. The molecule has 0 spiro atoms. The highest BCUT2D eigenvalue weighted by atomic mass is 35.5. The van der Waals surface area contributed by atoms with Gasteiger partial charge in [-0.25, -0.2) is 4.98 Å². The van der Waals surface area contributed by atoms with Crippen molar-refractivity contribution in [2.75, 3.05) is 25.0 Å². The Bertz CT molecular complexity index is 618. The minimum Gasteiger partial charge on any atom is -0.344 e. The quantitative estimate of drug-likeness (QED) is 0.791. The number of rotatable bonds is 5. The number of piperidine rings is 1. The van der Waals surface area contributed by atoms with Crippen molar-refractivity contribution in [3.8, 4) is 12.3 Å². The Labute approximate surface area is 147 Å². The van der Waals surface area contributed by atoms with Gasteiger partial charge in [-0.15, -0.1) is 6.42 Å². The van der Waals surface area contributed by atoms with E-state index in [-0.39, 0.29) is 30.3 Å². The van der Waals surface area contributed by atoms with Crippen LogP contribution in [0, 0.1) is 18.3 Å². The molecular formula is C17H21ClN4O2. The molecule has 2 amide bonds. The van der Waals surface area contributed by atoms with Crippen LogP contribution < -0.4 is 10.6 Å². The van der Waals surface area contributed by atoms with Crippen LogP contribution in [-0.4, -0.2) is 47.4 Å². The van der Waals surface area contributed by atoms with Crippen LogP contribution in [0.3, 0.4) is 0 Å². The predicted octanol–water partition coefficient (Wildman–Crippen LogP) is 1.52. The number of hydrogen-bond acceptors (Lipinski definition) is 4. The number of carbonyl (C=O) groups excluding carboxylic acids is 2. The molecule has 24 heavy (non-hydrogen) atoms. The molecule has 2 N–H and O–H groups in total. The van der Waals surface area contributed by atoms with Gasteiger partial charge in [-0.3, -0.25) is 14.5 Å². The first kappa shape index (κ1) is 18.2. The number of carbonyl (C=O) groups is 2. The van der Waals surface area contributed by atoms with Crippen molar-refractivity contribution in [3.63, 3.8) is 0 Å². The van der Waals surface area contributed by atoms with Crippen LogP contribution in [-0.2, 0) is 9.59 Å². The third-order valence-corrected chi connectivity index (χ3v) is 4.39. The van der Waals surface area contributed by atoms with E-state index in [4.69, 9.17) is 18.0 Å². The SMILES string of the molecule is C#CCNC(=O)C(C)N1CCC(C(=O)Nc2ccc(Cl)cn2)CC1. The Balaban J connectivity index is 1.81. The van der Waals surface area contributed by atoms with E-state index < -0.39 is 0 Å². The maximum absolute atomic E-state index is 12.3. The van der Waals surface area contributed by atoms with Crippen LogP contribution in [0.2, 0.25) is 5.02 Å². The number of nitrogens with one attached hydrogen (secondary N) is 2. The Morgan fingerprint density at radius 1 is 1.46 bits per heavy atom. The first-order valence-electron chi connectivity index (χ1n) is 7.89. The second kappa shape index (κ2) is 8.67. The zero-order chi connectivity index (χ0) is 17.5. The zero-order valence-corrected chi connectivity index (χ0v) is 14.3. The summed E-state index contributed by atoms with van der Waals surface area (Å²) < 4.78 is 0. The number of likely N-dealkylation sites (tertiary alicyclic amines) is 1. The lowest BCUT2D eigenvalue weighted by Gasteiger charge is -2.34. The minimum atomic E-state index is -0.250. The van der Waals surface area contributed by atoms with Crippen LogP contribution in [0.15, 0.2) is 18.3 Å². The number of anilines is 1. The summed E-state index contributed by atoms with van der Waals surface area (Å²) >= 11 is 5.78. The molecule has 1 atom stereocenters. The minimum absolute atomic E-state index is 0.0473. The lowest BCUT2D eigenvalue weighted by molar-refractivity contribution is -0.126. The predicted molar refractivity (Wildman–Crippen MR) is 93.5 cm³/mol. The number of terminal acetylenes is 1. The number of halogens is 1. The van der Waals surface area contributed by atoms with Crippen molar-refractivity contribution in [3.05, 3.63) is 23.4 Å². The van der Waals surface area contributed by atoms with E-state index in [0.29, 0.717) is 36.8 Å². The van der Waals surface area contributed by atoms with Gasteiger partial charge < -0.3 is 10.6 Å². The van der Waals surface area contributed by atoms with Gasteiger partial charge in [0.1, 0.15) is 5.82 Å². The average Bonchev–Trinajstić information content (AvgIpc) is 2.61. The van der Waals surface area contributed by atoms with Gasteiger partial charge in [-0.1, -0.05) is 17.5 Å². The summed E-state index contributed by atoms with van der Waals surface area (Å²) in [6, 6.07) is 3.11. The van der Waals surface area contributed by atoms with Gasteiger partial charge in [-0.05, 0) is 45.0 Å². The number of pyridine rings is 1. The highest BCUT2D eigenvalue weighted by Crippen LogP contribution is 2.21. The van der Waals surface area contributed by atoms with E-state index in [9.17, 15) is 9.59 Å². The average molecular weight is 349 g/mol. The van der Waals surface area contributed by atoms with E-state index in [1.54, 1.807) is 12.1 Å². The summed E-state index contributed by atoms with van der Waals surface area (Å²) in [5, 5.41) is 6.02. The van der Waals surface area contributed by atoms with Crippen LogP contribution in [0.4, 0.5) is 5.82 Å². The van der Waals surface area contributed by atoms with Crippen LogP contribution in [0.1, 0.15) is 19.8 Å². The van der Waals surface area contributed by atoms with E-state index in [1.165, 1.54) is 6.20 Å². The fourth-order valence-electron chi connectivity index (χ4n) is 2.68. The number of nitrogens with zero attached hydrogens (tertiary/aromatic N) is 2. The normalized spacial score (nSPS) is 16.9. The van der Waals surface area contributed by atoms with Gasteiger partial charge in [0.05, 0.1) is 17.6 Å². The number of hydrogen-bond donors (Lipinski definition) is 2. The molecule has 0 bridgehead atoms. The molecule has 1 saturated heterocycles. The van der Waals surface area contributed by atoms with Gasteiger partial charge in [0.15, 0.2) is 0 Å². The number of aromatic nitrogens is 1. The van der Waals surface area contributed by atoms with E-state index >= 15 is 0 Å². The molecular weight excluding hydrogens is 328 g/mol. The second-order valence-corrected chi connectivity index (χ2v) is 6.20. The molecule has 7 heteroatoms. The molecule has 0 aromatic carbocycles. The summed E-state index contributed by atoms with van der Waals surface area (Å²) in [4.78, 5) is 30.4. The molecule has 1 unspecified atom stereocenters. The summed E-state index contributed by atoms with van der Waals surface area (Å²) in [6.07, 6.45) is 8.04. The van der Waals surface area contributed by atoms with E-state index in [1.807, 2.05) is 6.92 Å². The van der Waals surface area contributed by atoms with Crippen LogP contribution in [0.25, 0.3) is 0 Å². The Kier molecular flexibility index (Phi) is 6.59. The lowest BCUT2D eigenvalue weighted by atomic mass is 9.95. The molecule has 6 nitrogen and oxygen atoms in total. The summed E-state index contributed by atoms with van der Waals surface area (Å²) in [5.74, 6) is 2.67. The molecule has 2 heterocycles. The van der Waals surface area contributed by atoms with Crippen molar-refractivity contribution in [1.82, 2.24) is 15.2 Å². The van der Waals surface area contributed by atoms with Gasteiger partial charge in [0.2, 0.25) is 11.8 Å². The van der Waals surface area contributed by atoms with Crippen molar-refractivity contribution in [2.45, 2.75) is 25.8 Å². The molecule has 0 aliphatic carbocycles. The maximum atomic E-state index is 12.3. The lowest BCUT2D eigenvalue weighted by Crippen LogP contribution is -2.49. The molecule has 2 rings (SSSR count). The Morgan fingerprint density at radius 2 is 2.17 bits per heavy atom. The van der Waals surface area contributed by atoms with Crippen molar-refractivity contribution >= 4 is 29.2 Å². The standard InChI is InChI=1S/C17H21ClN4O2/c1-3-8-19-16(23)12(2)22-9-6-13(7-10-22)17(24)21-15-5-4-14(18)11-20-15/h1,4-5,11-13H,6-10H2,2H3,(H,19,23)(H,20,21,24). The van der Waals surface area contributed by atoms with Crippen molar-refractivity contribution in [2.24, 2.45) is 5.92 Å². The summed E-state index contributed by atoms with van der Waals surface area (Å²) in [5.41, 5.74) is 0. The van der Waals surface area contributed by atoms with Crippen LogP contribution in [0.5, 0.6) is 0 Å². The van der Waals surface area contributed by atoms with Gasteiger partial charge in [-0.2, -0.15) is 0 Å². The topological polar surface area (TPSA) is 74.3 Å². The molecule has 1 aromatic heterocycles. The fraction of sp³-hybridized carbons (Fsp3) is 0.471. The van der Waals surface area contributed by atoms with Gasteiger partial charge >= 0.3 is 0 Å². The monoisotopic (exact) mass is 348 g/mol. The smallest absolute Gasteiger partial charge is 0.237 e. The van der Waals surface area contributed by atoms with E-state index in [2.05, 4.69) is 26.4 Å². The summed E-state index contributed by atoms with van der Waals surface area (Å²) in [6.45, 7) is 3.47. The van der Waals surface area contributed by atoms with Gasteiger partial charge in [0, 0.05) is 12.1 Å². The molecule has 0 radical (unpaired) electrons. The first-order chi connectivity index (χ1) is 11.5. The maximum Gasteiger partial charge on any atom is 0.237 e. The van der Waals surface area contributed by atoms with Crippen LogP contribution >= 0.6 is 11.6 Å². The third-order valence-electron chi connectivity index (χ3n) is 4.17. The molecule has 1 aromatic rings.